The summed E-state index contributed by atoms with van der Waals surface area (Å²) in [7, 11) is 0. The molecule has 4 rings (SSSR count). The second kappa shape index (κ2) is 4.85. The van der Waals surface area contributed by atoms with E-state index < -0.39 is 0 Å². The van der Waals surface area contributed by atoms with Gasteiger partial charge < -0.3 is 19.5 Å². The fourth-order valence-electron chi connectivity index (χ4n) is 3.60. The molecule has 116 valence electrons. The zero-order chi connectivity index (χ0) is 15.4. The van der Waals surface area contributed by atoms with Gasteiger partial charge in [-0.25, -0.2) is 0 Å². The van der Waals surface area contributed by atoms with Crippen LogP contribution >= 0.6 is 11.6 Å². The highest BCUT2D eigenvalue weighted by atomic mass is 35.5. The molecular formula is C17H18ClNO3. The smallest absolute Gasteiger partial charge is 0.231 e. The van der Waals surface area contributed by atoms with Crippen LogP contribution in [0.5, 0.6) is 17.2 Å². The number of benzene rings is 2. The predicted molar refractivity (Wildman–Crippen MR) is 87.7 cm³/mol. The minimum Gasteiger partial charge on any atom is -0.507 e. The molecular weight excluding hydrogens is 302 g/mol. The summed E-state index contributed by atoms with van der Waals surface area (Å²) in [6.45, 7) is 6.09. The first-order valence-electron chi connectivity index (χ1n) is 7.59. The molecule has 2 aliphatic heterocycles. The third-order valence-electron chi connectivity index (χ3n) is 4.70. The van der Waals surface area contributed by atoms with Crippen molar-refractivity contribution in [3.05, 3.63) is 23.8 Å². The van der Waals surface area contributed by atoms with E-state index in [1.54, 1.807) is 0 Å². The van der Waals surface area contributed by atoms with Crippen LogP contribution in [0, 0.1) is 0 Å². The number of phenolic OH excluding ortho intramolecular Hbond substituents is 1. The lowest BCUT2D eigenvalue weighted by atomic mass is 9.91. The van der Waals surface area contributed by atoms with Crippen LogP contribution in [0.1, 0.15) is 25.3 Å². The fraction of sp³-hybridized carbons (Fsp3) is 0.412. The van der Waals surface area contributed by atoms with Gasteiger partial charge in [-0.05, 0) is 31.5 Å². The summed E-state index contributed by atoms with van der Waals surface area (Å²) in [6.07, 6.45) is 0. The summed E-state index contributed by atoms with van der Waals surface area (Å²) >= 11 is 6.46. The van der Waals surface area contributed by atoms with E-state index >= 15 is 0 Å². The summed E-state index contributed by atoms with van der Waals surface area (Å²) in [5, 5.41) is 12.2. The van der Waals surface area contributed by atoms with Gasteiger partial charge in [0.25, 0.3) is 0 Å². The molecule has 2 aliphatic rings. The number of nitrogens with zero attached hydrogens (tertiary/aromatic N) is 1. The van der Waals surface area contributed by atoms with Gasteiger partial charge in [-0.3, -0.25) is 0 Å². The average molecular weight is 320 g/mol. The standard InChI is InChI=1S/C17H18ClNO3/c1-3-19-7-11(9(2)18)15-12(19)6-13(20)10-4-5-14-17(16(10)15)22-8-21-14/h4-6,9,11,20H,3,7-8H2,1-2H3/t9-,11+/m1/s1. The summed E-state index contributed by atoms with van der Waals surface area (Å²) in [5.41, 5.74) is 2.22. The van der Waals surface area contributed by atoms with Crippen LogP contribution in [0.4, 0.5) is 5.69 Å². The van der Waals surface area contributed by atoms with Crippen molar-refractivity contribution in [2.45, 2.75) is 25.1 Å². The van der Waals surface area contributed by atoms with Crippen molar-refractivity contribution in [1.82, 2.24) is 0 Å². The molecule has 2 aromatic rings. The van der Waals surface area contributed by atoms with E-state index in [-0.39, 0.29) is 23.8 Å². The quantitative estimate of drug-likeness (QED) is 0.854. The summed E-state index contributed by atoms with van der Waals surface area (Å²) in [6, 6.07) is 5.59. The van der Waals surface area contributed by atoms with Crippen molar-refractivity contribution < 1.29 is 14.6 Å². The Labute approximate surface area is 134 Å². The molecule has 0 aromatic heterocycles. The van der Waals surface area contributed by atoms with Crippen molar-refractivity contribution in [1.29, 1.82) is 0 Å². The fourth-order valence-corrected chi connectivity index (χ4v) is 3.81. The van der Waals surface area contributed by atoms with Gasteiger partial charge in [0.2, 0.25) is 6.79 Å². The minimum atomic E-state index is 0.00113. The molecule has 0 amide bonds. The summed E-state index contributed by atoms with van der Waals surface area (Å²) in [4.78, 5) is 2.26. The number of phenols is 1. The molecule has 0 fully saturated rings. The van der Waals surface area contributed by atoms with Crippen LogP contribution < -0.4 is 14.4 Å². The van der Waals surface area contributed by atoms with Gasteiger partial charge in [0.15, 0.2) is 11.5 Å². The number of rotatable bonds is 2. The van der Waals surface area contributed by atoms with Crippen molar-refractivity contribution in [2.75, 3.05) is 24.8 Å². The molecule has 0 spiro atoms. The van der Waals surface area contributed by atoms with Crippen molar-refractivity contribution in [3.63, 3.8) is 0 Å². The van der Waals surface area contributed by atoms with Gasteiger partial charge in [-0.2, -0.15) is 0 Å². The number of anilines is 1. The highest BCUT2D eigenvalue weighted by Gasteiger charge is 2.36. The molecule has 2 heterocycles. The van der Waals surface area contributed by atoms with Gasteiger partial charge in [-0.1, -0.05) is 0 Å². The molecule has 2 atom stereocenters. The Kier molecular flexibility index (Phi) is 3.05. The minimum absolute atomic E-state index is 0.00113. The zero-order valence-corrected chi connectivity index (χ0v) is 13.4. The molecule has 22 heavy (non-hydrogen) atoms. The van der Waals surface area contributed by atoms with Crippen molar-refractivity contribution in [3.8, 4) is 17.2 Å². The highest BCUT2D eigenvalue weighted by Crippen LogP contribution is 2.52. The maximum absolute atomic E-state index is 10.4. The maximum Gasteiger partial charge on any atom is 0.231 e. The van der Waals surface area contributed by atoms with E-state index in [9.17, 15) is 5.11 Å². The number of aromatic hydroxyl groups is 1. The number of ether oxygens (including phenoxy) is 2. The molecule has 0 radical (unpaired) electrons. The van der Waals surface area contributed by atoms with Crippen LogP contribution in [-0.4, -0.2) is 30.4 Å². The first-order chi connectivity index (χ1) is 10.6. The zero-order valence-electron chi connectivity index (χ0n) is 12.6. The summed E-state index contributed by atoms with van der Waals surface area (Å²) < 4.78 is 11.2. The van der Waals surface area contributed by atoms with Gasteiger partial charge in [-0.15, -0.1) is 11.6 Å². The van der Waals surface area contributed by atoms with Crippen LogP contribution in [0.15, 0.2) is 18.2 Å². The van der Waals surface area contributed by atoms with E-state index in [0.29, 0.717) is 0 Å². The predicted octanol–water partition coefficient (Wildman–Crippen LogP) is 3.82. The summed E-state index contributed by atoms with van der Waals surface area (Å²) in [5.74, 6) is 1.94. The molecule has 0 saturated carbocycles. The lowest BCUT2D eigenvalue weighted by Crippen LogP contribution is -2.23. The largest absolute Gasteiger partial charge is 0.507 e. The van der Waals surface area contributed by atoms with Crippen LogP contribution in [0.2, 0.25) is 0 Å². The van der Waals surface area contributed by atoms with Crippen molar-refractivity contribution >= 4 is 28.1 Å². The monoisotopic (exact) mass is 319 g/mol. The molecule has 1 N–H and O–H groups in total. The number of likely N-dealkylation sites (N-methyl/N-ethyl adjacent to an activating group) is 1. The Hall–Kier alpha value is -1.81. The van der Waals surface area contributed by atoms with E-state index in [1.807, 2.05) is 25.1 Å². The van der Waals surface area contributed by atoms with Crippen LogP contribution in [-0.2, 0) is 0 Å². The van der Waals surface area contributed by atoms with E-state index in [1.165, 1.54) is 5.56 Å². The second-order valence-corrected chi connectivity index (χ2v) is 6.56. The molecule has 0 saturated heterocycles. The lowest BCUT2D eigenvalue weighted by Gasteiger charge is -2.18. The van der Waals surface area contributed by atoms with Gasteiger partial charge in [0, 0.05) is 46.9 Å². The molecule has 0 bridgehead atoms. The topological polar surface area (TPSA) is 41.9 Å². The van der Waals surface area contributed by atoms with Crippen LogP contribution in [0.3, 0.4) is 0 Å². The Morgan fingerprint density at radius 2 is 2.23 bits per heavy atom. The SMILES string of the molecule is CCN1C[C@@H]([C@@H](C)Cl)c2c1cc(O)c1ccc3c(c21)OCO3. The van der Waals surface area contributed by atoms with Crippen LogP contribution in [0.25, 0.3) is 10.8 Å². The van der Waals surface area contributed by atoms with E-state index in [2.05, 4.69) is 11.8 Å². The molecule has 0 unspecified atom stereocenters. The highest BCUT2D eigenvalue weighted by molar-refractivity contribution is 6.21. The van der Waals surface area contributed by atoms with Gasteiger partial charge >= 0.3 is 0 Å². The average Bonchev–Trinajstić information content (AvgIpc) is 3.10. The number of hydrogen-bond acceptors (Lipinski definition) is 4. The number of alkyl halides is 1. The van der Waals surface area contributed by atoms with Crippen molar-refractivity contribution in [2.24, 2.45) is 0 Å². The van der Waals surface area contributed by atoms with E-state index in [0.717, 1.165) is 41.0 Å². The molecule has 0 aliphatic carbocycles. The third kappa shape index (κ3) is 1.76. The number of halogens is 1. The second-order valence-electron chi connectivity index (χ2n) is 5.87. The molecule has 5 heteroatoms. The van der Waals surface area contributed by atoms with Gasteiger partial charge in [0.1, 0.15) is 5.75 Å². The number of fused-ring (bicyclic) bond motifs is 5. The van der Waals surface area contributed by atoms with Gasteiger partial charge in [0.05, 0.1) is 0 Å². The third-order valence-corrected chi connectivity index (χ3v) is 5.00. The Morgan fingerprint density at radius 3 is 2.95 bits per heavy atom. The Bertz CT molecular complexity index is 759. The maximum atomic E-state index is 10.4. The number of hydrogen-bond donors (Lipinski definition) is 1. The first-order valence-corrected chi connectivity index (χ1v) is 8.02. The lowest BCUT2D eigenvalue weighted by molar-refractivity contribution is 0.175. The molecule has 4 nitrogen and oxygen atoms in total. The first kappa shape index (κ1) is 13.8. The molecule has 2 aromatic carbocycles. The van der Waals surface area contributed by atoms with E-state index in [4.69, 9.17) is 21.1 Å². The Balaban J connectivity index is 2.09. The normalized spacial score (nSPS) is 20.5. The Morgan fingerprint density at radius 1 is 1.41 bits per heavy atom.